The Bertz CT molecular complexity index is 883. The number of carboxylic acid groups (broad SMARTS) is 1. The molecule has 164 valence electrons. The third-order valence-corrected chi connectivity index (χ3v) is 4.83. The molecule has 0 radical (unpaired) electrons. The molecule has 0 aromatic carbocycles. The zero-order chi connectivity index (χ0) is 22.3. The summed E-state index contributed by atoms with van der Waals surface area (Å²) in [5, 5.41) is 21.1. The molecule has 2 aromatic heterocycles. The van der Waals surface area contributed by atoms with E-state index in [1.54, 1.807) is 0 Å². The number of allylic oxidation sites excluding steroid dienone is 1. The molecule has 0 saturated heterocycles. The Kier molecular flexibility index (Phi) is 8.06. The Morgan fingerprint density at radius 1 is 1.47 bits per heavy atom. The molecular formula is C17H20F3N5O4S. The number of thiazole rings is 1. The Labute approximate surface area is 173 Å². The van der Waals surface area contributed by atoms with Gasteiger partial charge in [0, 0.05) is 25.0 Å². The van der Waals surface area contributed by atoms with Gasteiger partial charge in [-0.05, 0) is 6.42 Å². The Morgan fingerprint density at radius 3 is 2.77 bits per heavy atom. The summed E-state index contributed by atoms with van der Waals surface area (Å²) in [5.74, 6) is -3.16. The van der Waals surface area contributed by atoms with Gasteiger partial charge in [0.05, 0.1) is 19.2 Å². The Morgan fingerprint density at radius 2 is 2.20 bits per heavy atom. The Balaban J connectivity index is 1.97. The van der Waals surface area contributed by atoms with Crippen LogP contribution < -0.4 is 5.32 Å². The van der Waals surface area contributed by atoms with Crippen LogP contribution in [0.15, 0.2) is 24.2 Å². The second-order valence-electron chi connectivity index (χ2n) is 6.28. The molecule has 2 rings (SSSR count). The molecule has 1 amide bonds. The molecule has 13 heteroatoms. The maximum absolute atomic E-state index is 12.6. The van der Waals surface area contributed by atoms with Crippen molar-refractivity contribution >= 4 is 23.2 Å². The summed E-state index contributed by atoms with van der Waals surface area (Å²) in [7, 11) is 1.37. The molecular weight excluding hydrogens is 427 g/mol. The summed E-state index contributed by atoms with van der Waals surface area (Å²) >= 11 is 1.15. The number of hydrogen-bond donors (Lipinski definition) is 2. The number of carboxylic acids is 1. The number of aromatic nitrogens is 4. The molecule has 2 aromatic rings. The highest BCUT2D eigenvalue weighted by Crippen LogP contribution is 2.27. The van der Waals surface area contributed by atoms with Gasteiger partial charge in [0.2, 0.25) is 5.91 Å². The fraction of sp³-hybridized carbons (Fsp3) is 0.471. The summed E-state index contributed by atoms with van der Waals surface area (Å²) < 4.78 is 44.6. The van der Waals surface area contributed by atoms with Crippen LogP contribution in [-0.2, 0) is 16.1 Å². The lowest BCUT2D eigenvalue weighted by molar-refractivity contribution is -0.154. The first-order valence-electron chi connectivity index (χ1n) is 8.68. The normalized spacial score (nSPS) is 13.6. The highest BCUT2D eigenvalue weighted by atomic mass is 32.1. The van der Waals surface area contributed by atoms with E-state index in [-0.39, 0.29) is 25.2 Å². The average Bonchev–Trinajstić information content (AvgIpc) is 3.31. The van der Waals surface area contributed by atoms with Gasteiger partial charge < -0.3 is 15.2 Å². The number of alkyl halides is 3. The van der Waals surface area contributed by atoms with E-state index in [1.165, 1.54) is 29.4 Å². The molecule has 2 unspecified atom stereocenters. The van der Waals surface area contributed by atoms with Crippen LogP contribution in [-0.4, -0.2) is 56.8 Å². The van der Waals surface area contributed by atoms with Crippen LogP contribution in [0.3, 0.4) is 0 Å². The van der Waals surface area contributed by atoms with Crippen LogP contribution >= 0.6 is 11.3 Å². The van der Waals surface area contributed by atoms with Crippen molar-refractivity contribution in [2.75, 3.05) is 13.7 Å². The van der Waals surface area contributed by atoms with Crippen LogP contribution in [0.4, 0.5) is 13.2 Å². The van der Waals surface area contributed by atoms with Gasteiger partial charge in [0.1, 0.15) is 16.8 Å². The van der Waals surface area contributed by atoms with Gasteiger partial charge in [-0.1, -0.05) is 11.3 Å². The van der Waals surface area contributed by atoms with Crippen molar-refractivity contribution in [3.63, 3.8) is 0 Å². The predicted octanol–water partition coefficient (Wildman–Crippen LogP) is 2.43. The molecule has 2 heterocycles. The SMILES string of the molecule is C=CCC(CC(F)(F)F)C(=O)NCC(OC)c1cn(Cc2nc(C(=O)O)cs2)nn1. The number of aromatic carboxylic acids is 1. The van der Waals surface area contributed by atoms with Gasteiger partial charge in [-0.2, -0.15) is 13.2 Å². The number of amides is 1. The highest BCUT2D eigenvalue weighted by Gasteiger charge is 2.34. The molecule has 9 nitrogen and oxygen atoms in total. The number of halogens is 3. The first kappa shape index (κ1) is 23.5. The second-order valence-corrected chi connectivity index (χ2v) is 7.23. The van der Waals surface area contributed by atoms with Crippen molar-refractivity contribution in [2.45, 2.75) is 31.7 Å². The van der Waals surface area contributed by atoms with E-state index in [4.69, 9.17) is 9.84 Å². The monoisotopic (exact) mass is 447 g/mol. The molecule has 0 aliphatic rings. The second kappa shape index (κ2) is 10.3. The van der Waals surface area contributed by atoms with E-state index in [0.29, 0.717) is 10.7 Å². The summed E-state index contributed by atoms with van der Waals surface area (Å²) in [4.78, 5) is 27.0. The van der Waals surface area contributed by atoms with Gasteiger partial charge in [-0.3, -0.25) is 4.79 Å². The third-order valence-electron chi connectivity index (χ3n) is 4.00. The topological polar surface area (TPSA) is 119 Å². The summed E-state index contributed by atoms with van der Waals surface area (Å²) in [6, 6.07) is 0. The molecule has 0 bridgehead atoms. The smallest absolute Gasteiger partial charge is 0.389 e. The number of nitrogens with one attached hydrogen (secondary N) is 1. The fourth-order valence-corrected chi connectivity index (χ4v) is 3.33. The minimum atomic E-state index is -4.47. The first-order chi connectivity index (χ1) is 14.1. The van der Waals surface area contributed by atoms with E-state index < -0.39 is 36.5 Å². The molecule has 2 N–H and O–H groups in total. The van der Waals surface area contributed by atoms with E-state index in [0.717, 1.165) is 11.3 Å². The molecule has 0 spiro atoms. The van der Waals surface area contributed by atoms with Crippen molar-refractivity contribution in [3.05, 3.63) is 40.6 Å². The maximum Gasteiger partial charge on any atom is 0.389 e. The van der Waals surface area contributed by atoms with Crippen molar-refractivity contribution in [3.8, 4) is 0 Å². The molecule has 0 saturated carbocycles. The quantitative estimate of drug-likeness (QED) is 0.508. The molecule has 2 atom stereocenters. The van der Waals surface area contributed by atoms with E-state index in [1.807, 2.05) is 0 Å². The number of carbonyl (C=O) groups is 2. The standard InChI is InChI=1S/C17H20F3N5O4S/c1-3-4-10(5-17(18,19)20)15(26)21-6-13(29-2)11-7-25(24-23-11)8-14-22-12(9-30-14)16(27)28/h3,7,9-10,13H,1,4-6,8H2,2H3,(H,21,26)(H,27,28). The molecule has 0 aliphatic heterocycles. The van der Waals surface area contributed by atoms with Crippen LogP contribution in [0.25, 0.3) is 0 Å². The van der Waals surface area contributed by atoms with Crippen LogP contribution in [0.2, 0.25) is 0 Å². The number of nitrogens with zero attached hydrogens (tertiary/aromatic N) is 4. The Hall–Kier alpha value is -2.80. The van der Waals surface area contributed by atoms with E-state index in [9.17, 15) is 22.8 Å². The zero-order valence-corrected chi connectivity index (χ0v) is 16.7. The summed E-state index contributed by atoms with van der Waals surface area (Å²) in [6.07, 6.45) is -3.76. The van der Waals surface area contributed by atoms with E-state index >= 15 is 0 Å². The number of carbonyl (C=O) groups excluding carboxylic acids is 1. The largest absolute Gasteiger partial charge is 0.476 e. The number of hydrogen-bond acceptors (Lipinski definition) is 7. The van der Waals surface area contributed by atoms with Gasteiger partial charge in [-0.25, -0.2) is 14.5 Å². The first-order valence-corrected chi connectivity index (χ1v) is 9.56. The lowest BCUT2D eigenvalue weighted by Gasteiger charge is -2.19. The fourth-order valence-electron chi connectivity index (χ4n) is 2.57. The minimum absolute atomic E-state index is 0.0687. The highest BCUT2D eigenvalue weighted by molar-refractivity contribution is 7.09. The van der Waals surface area contributed by atoms with Crippen molar-refractivity contribution < 1.29 is 32.6 Å². The van der Waals surface area contributed by atoms with Crippen LogP contribution in [0, 0.1) is 5.92 Å². The number of methoxy groups -OCH3 is 1. The maximum atomic E-state index is 12.6. The molecule has 0 aliphatic carbocycles. The van der Waals surface area contributed by atoms with Crippen molar-refractivity contribution in [1.82, 2.24) is 25.3 Å². The zero-order valence-electron chi connectivity index (χ0n) is 15.9. The van der Waals surface area contributed by atoms with Crippen molar-refractivity contribution in [2.24, 2.45) is 5.92 Å². The lowest BCUT2D eigenvalue weighted by Crippen LogP contribution is -2.36. The third kappa shape index (κ3) is 6.91. The lowest BCUT2D eigenvalue weighted by atomic mass is 10.00. The number of rotatable bonds is 11. The van der Waals surface area contributed by atoms with Gasteiger partial charge in [-0.15, -0.1) is 23.0 Å². The average molecular weight is 447 g/mol. The van der Waals surface area contributed by atoms with Crippen molar-refractivity contribution in [1.29, 1.82) is 0 Å². The molecule has 30 heavy (non-hydrogen) atoms. The van der Waals surface area contributed by atoms with Crippen LogP contribution in [0.5, 0.6) is 0 Å². The van der Waals surface area contributed by atoms with E-state index in [2.05, 4.69) is 27.2 Å². The van der Waals surface area contributed by atoms with Crippen LogP contribution in [0.1, 0.15) is 40.1 Å². The minimum Gasteiger partial charge on any atom is -0.476 e. The predicted molar refractivity (Wildman–Crippen MR) is 99.9 cm³/mol. The summed E-state index contributed by atoms with van der Waals surface area (Å²) in [5.41, 5.74) is 0.282. The summed E-state index contributed by atoms with van der Waals surface area (Å²) in [6.45, 7) is 3.47. The van der Waals surface area contributed by atoms with Gasteiger partial charge in [0.15, 0.2) is 5.69 Å². The molecule has 0 fully saturated rings. The van der Waals surface area contributed by atoms with Gasteiger partial charge >= 0.3 is 12.1 Å². The van der Waals surface area contributed by atoms with Gasteiger partial charge in [0.25, 0.3) is 0 Å². The number of ether oxygens (including phenoxy) is 1.